The van der Waals surface area contributed by atoms with Crippen LogP contribution in [0.15, 0.2) is 17.4 Å². The van der Waals surface area contributed by atoms with Crippen molar-refractivity contribution < 1.29 is 9.39 Å². The van der Waals surface area contributed by atoms with Gasteiger partial charge in [0.25, 0.3) is 0 Å². The minimum Gasteiger partial charge on any atom is -0.548 e. The molecule has 1 saturated heterocycles. The molecule has 0 aliphatic carbocycles. The number of piperidine rings is 1. The van der Waals surface area contributed by atoms with E-state index in [1.165, 1.54) is 37.9 Å². The van der Waals surface area contributed by atoms with E-state index in [2.05, 4.69) is 23.7 Å². The molecule has 1 aliphatic heterocycles. The van der Waals surface area contributed by atoms with E-state index in [9.17, 15) is 4.55 Å². The first-order valence-corrected chi connectivity index (χ1v) is 10.3. The van der Waals surface area contributed by atoms with Gasteiger partial charge in [-0.05, 0) is 45.2 Å². The van der Waals surface area contributed by atoms with Crippen molar-refractivity contribution in [2.45, 2.75) is 45.1 Å². The van der Waals surface area contributed by atoms with E-state index in [4.69, 9.17) is 10.6 Å². The first-order chi connectivity index (χ1) is 12.7. The van der Waals surface area contributed by atoms with Gasteiger partial charge in [-0.25, -0.2) is 0 Å². The van der Waals surface area contributed by atoms with Crippen LogP contribution in [0, 0.1) is 0 Å². The largest absolute Gasteiger partial charge is 0.548 e. The Bertz CT molecular complexity index is 733. The molecule has 2 aromatic heterocycles. The number of rotatable bonds is 9. The third-order valence-electron chi connectivity index (χ3n) is 4.37. The number of H-pyrrole nitrogens is 1. The molecular weight excluding hydrogens is 354 g/mol. The van der Waals surface area contributed by atoms with Gasteiger partial charge in [0.15, 0.2) is 11.1 Å². The maximum atomic E-state index is 11.1. The fourth-order valence-electron chi connectivity index (χ4n) is 3.01. The molecule has 1 fully saturated rings. The normalized spacial score (nSPS) is 17.0. The molecule has 0 saturated carbocycles. The molecule has 1 atom stereocenters. The molecule has 3 N–H and O–H groups in total. The summed E-state index contributed by atoms with van der Waals surface area (Å²) in [6, 6.07) is 0. The molecule has 10 heteroatoms. The van der Waals surface area contributed by atoms with Crippen molar-refractivity contribution in [3.05, 3.63) is 23.4 Å². The molecule has 26 heavy (non-hydrogen) atoms. The van der Waals surface area contributed by atoms with Crippen LogP contribution >= 0.6 is 11.1 Å². The van der Waals surface area contributed by atoms with E-state index >= 15 is 0 Å². The lowest BCUT2D eigenvalue weighted by Gasteiger charge is -2.25. The summed E-state index contributed by atoms with van der Waals surface area (Å²) in [6.07, 6.45) is 10.6. The number of nitrogen functional groups attached to an aromatic ring is 1. The maximum Gasteiger partial charge on any atom is 0.229 e. The fraction of sp³-hybridized carbons (Fsp3) is 0.688. The number of nitrogens with zero attached hydrogens (tertiary/aromatic N) is 5. The number of unbranched alkanes of at least 4 members (excludes halogenated alkanes) is 2. The second-order valence-corrected chi connectivity index (χ2v) is 7.42. The van der Waals surface area contributed by atoms with Crippen LogP contribution in [-0.2, 0) is 6.54 Å². The zero-order valence-electron chi connectivity index (χ0n) is 15.0. The van der Waals surface area contributed by atoms with Crippen molar-refractivity contribution in [2.24, 2.45) is 4.99 Å². The topological polar surface area (TPSA) is 120 Å². The van der Waals surface area contributed by atoms with Crippen LogP contribution in [0.5, 0.6) is 0 Å². The third-order valence-corrected chi connectivity index (χ3v) is 5.10. The Kier molecular flexibility index (Phi) is 7.04. The Morgan fingerprint density at radius 1 is 1.27 bits per heavy atom. The summed E-state index contributed by atoms with van der Waals surface area (Å²) in [5.41, 5.74) is 7.21. The van der Waals surface area contributed by atoms with Crippen molar-refractivity contribution in [1.82, 2.24) is 23.6 Å². The number of hydrogen-bond acceptors (Lipinski definition) is 7. The van der Waals surface area contributed by atoms with Crippen molar-refractivity contribution >= 4 is 17.0 Å². The smallest absolute Gasteiger partial charge is 0.229 e. The molecule has 0 aromatic carbocycles. The molecule has 3 heterocycles. The van der Waals surface area contributed by atoms with Gasteiger partial charge in [0.1, 0.15) is 6.61 Å². The fourth-order valence-corrected chi connectivity index (χ4v) is 3.66. The summed E-state index contributed by atoms with van der Waals surface area (Å²) >= 11 is -1.47. The van der Waals surface area contributed by atoms with Gasteiger partial charge in [0, 0.05) is 23.0 Å². The van der Waals surface area contributed by atoms with Crippen molar-refractivity contribution in [2.75, 3.05) is 32.0 Å². The molecule has 1 aliphatic rings. The van der Waals surface area contributed by atoms with E-state index in [0.717, 1.165) is 25.8 Å². The summed E-state index contributed by atoms with van der Waals surface area (Å²) in [6.45, 7) is 4.55. The first-order valence-electron chi connectivity index (χ1n) is 9.17. The molecule has 2 aromatic rings. The Morgan fingerprint density at radius 2 is 2.12 bits per heavy atom. The number of aromatic amines is 1. The highest BCUT2D eigenvalue weighted by atomic mass is 32.2. The van der Waals surface area contributed by atoms with Crippen LogP contribution in [0.2, 0.25) is 0 Å². The zero-order valence-corrected chi connectivity index (χ0v) is 15.8. The second kappa shape index (κ2) is 9.70. The Labute approximate surface area is 156 Å². The Balaban J connectivity index is 1.29. The highest BCUT2D eigenvalue weighted by Gasteiger charge is 2.11. The molecule has 9 nitrogen and oxygen atoms in total. The minimum absolute atomic E-state index is 0.214. The van der Waals surface area contributed by atoms with Crippen LogP contribution in [-0.4, -0.2) is 54.4 Å². The number of anilines is 1. The summed E-state index contributed by atoms with van der Waals surface area (Å²) in [7, 11) is 0. The van der Waals surface area contributed by atoms with Crippen LogP contribution in [0.25, 0.3) is 0 Å². The van der Waals surface area contributed by atoms with E-state index in [1.54, 1.807) is 4.85 Å². The predicted molar refractivity (Wildman–Crippen MR) is 98.7 cm³/mol. The average molecular weight is 382 g/mol. The standard InChI is InChI=1S/C16H27N7O2S/c17-15-16(21-26(24)20-15)18-7-3-1-6-10-25-23-13-14(11-19-23)12-22-8-4-2-5-9-22/h11,13H,1-10,12H2,(H2,17,20)(H,18,21). The zero-order chi connectivity index (χ0) is 18.2. The molecule has 0 amide bonds. The number of hydrogen-bond donors (Lipinski definition) is 2. The van der Waals surface area contributed by atoms with E-state index in [-0.39, 0.29) is 5.82 Å². The highest BCUT2D eigenvalue weighted by Crippen LogP contribution is 2.12. The van der Waals surface area contributed by atoms with Crippen molar-refractivity contribution in [3.8, 4) is 0 Å². The van der Waals surface area contributed by atoms with E-state index in [1.807, 2.05) is 12.4 Å². The molecule has 0 bridgehead atoms. The predicted octanol–water partition coefficient (Wildman–Crippen LogP) is 1.10. The number of nitrogens with two attached hydrogens (primary N) is 1. The van der Waals surface area contributed by atoms with Gasteiger partial charge < -0.3 is 15.1 Å². The van der Waals surface area contributed by atoms with Gasteiger partial charge in [0.05, 0.1) is 12.4 Å². The quantitative estimate of drug-likeness (QED) is 0.496. The Morgan fingerprint density at radius 3 is 2.88 bits per heavy atom. The highest BCUT2D eigenvalue weighted by molar-refractivity contribution is 7.13. The Hall–Kier alpha value is -1.91. The van der Waals surface area contributed by atoms with Gasteiger partial charge in [-0.2, -0.15) is 0 Å². The molecule has 3 rings (SSSR count). The van der Waals surface area contributed by atoms with Gasteiger partial charge in [-0.3, -0.25) is 9.89 Å². The molecule has 144 valence electrons. The van der Waals surface area contributed by atoms with Crippen LogP contribution in [0.4, 0.5) is 5.82 Å². The van der Waals surface area contributed by atoms with E-state index in [0.29, 0.717) is 18.6 Å². The maximum absolute atomic E-state index is 11.1. The summed E-state index contributed by atoms with van der Waals surface area (Å²) < 4.78 is 17.4. The van der Waals surface area contributed by atoms with Crippen LogP contribution in [0.3, 0.4) is 0 Å². The molecule has 1 unspecified atom stereocenters. The van der Waals surface area contributed by atoms with Gasteiger partial charge in [-0.1, -0.05) is 6.42 Å². The van der Waals surface area contributed by atoms with Crippen LogP contribution < -0.4 is 16.1 Å². The van der Waals surface area contributed by atoms with Gasteiger partial charge in [0.2, 0.25) is 11.3 Å². The average Bonchev–Trinajstić information content (AvgIpc) is 3.20. The molecule has 0 radical (unpaired) electrons. The number of aromatic nitrogens is 4. The van der Waals surface area contributed by atoms with Gasteiger partial charge >= 0.3 is 0 Å². The summed E-state index contributed by atoms with van der Waals surface area (Å²) in [5, 5.41) is 4.27. The summed E-state index contributed by atoms with van der Waals surface area (Å²) in [5.74, 6) is 0.214. The second-order valence-electron chi connectivity index (χ2n) is 6.54. The molecular formula is C16H27N7O2S. The number of nitrogens with one attached hydrogen (secondary N) is 1. The van der Waals surface area contributed by atoms with E-state index < -0.39 is 11.1 Å². The monoisotopic (exact) mass is 381 g/mol. The lowest BCUT2D eigenvalue weighted by atomic mass is 10.1. The minimum atomic E-state index is -1.47. The lowest BCUT2D eigenvalue weighted by Crippen LogP contribution is -2.28. The lowest BCUT2D eigenvalue weighted by molar-refractivity contribution is 0.0791. The summed E-state index contributed by atoms with van der Waals surface area (Å²) in [4.78, 5) is 13.9. The number of likely N-dealkylation sites (tertiary alicyclic amines) is 1. The van der Waals surface area contributed by atoms with Crippen molar-refractivity contribution in [1.29, 1.82) is 0 Å². The first kappa shape index (κ1) is 18.9. The molecule has 0 spiro atoms. The third kappa shape index (κ3) is 5.82. The van der Waals surface area contributed by atoms with Gasteiger partial charge in [-0.15, -0.1) is 14.3 Å². The van der Waals surface area contributed by atoms with Crippen molar-refractivity contribution in [3.63, 3.8) is 0 Å². The SMILES string of the molecule is Nc1n[s+]([O-])[nH]c1=NCCCCCOn1cc(CN2CCCCC2)cn1. The van der Waals surface area contributed by atoms with Crippen LogP contribution in [0.1, 0.15) is 44.1 Å².